The Bertz CT molecular complexity index is 684. The third kappa shape index (κ3) is 2.55. The van der Waals surface area contributed by atoms with Gasteiger partial charge in [0.25, 0.3) is 0 Å². The molecule has 0 bridgehead atoms. The molecule has 1 aliphatic rings. The molecule has 1 saturated carbocycles. The molecule has 0 radical (unpaired) electrons. The van der Waals surface area contributed by atoms with Crippen molar-refractivity contribution in [2.45, 2.75) is 31.5 Å². The van der Waals surface area contributed by atoms with Gasteiger partial charge in [-0.2, -0.15) is 0 Å². The van der Waals surface area contributed by atoms with E-state index in [0.29, 0.717) is 10.8 Å². The van der Waals surface area contributed by atoms with Crippen molar-refractivity contribution in [2.75, 3.05) is 11.9 Å². The number of hydrogen-bond donors (Lipinski definition) is 0. The van der Waals surface area contributed by atoms with E-state index in [1.54, 1.807) is 0 Å². The summed E-state index contributed by atoms with van der Waals surface area (Å²) < 4.78 is 13.6. The quantitative estimate of drug-likeness (QED) is 0.789. The summed E-state index contributed by atoms with van der Waals surface area (Å²) in [6.07, 6.45) is 2.12. The van der Waals surface area contributed by atoms with E-state index in [4.69, 9.17) is 23.2 Å². The van der Waals surface area contributed by atoms with Gasteiger partial charge in [0.2, 0.25) is 0 Å². The maximum atomic E-state index is 13.6. The zero-order chi connectivity index (χ0) is 15.9. The molecule has 1 aliphatic carbocycles. The molecular weight excluding hydrogens is 324 g/mol. The first-order valence-electron chi connectivity index (χ1n) is 7.10. The van der Waals surface area contributed by atoms with Crippen LogP contribution in [0.3, 0.4) is 0 Å². The zero-order valence-corrected chi connectivity index (χ0v) is 13.9. The molecule has 1 aromatic carbocycles. The summed E-state index contributed by atoms with van der Waals surface area (Å²) in [6, 6.07) is 7.78. The number of benzene rings is 1. The molecule has 3 nitrogen and oxygen atoms in total. The standard InChI is InChI=1S/C16H16Cl2FN3/c1-10(19)14-13(18)15(21-9-20-14)22(2)16(7-8-16)11-3-5-12(17)6-4-11/h3-6,9-10H,7-8H2,1-2H3. The van der Waals surface area contributed by atoms with Crippen molar-refractivity contribution in [3.63, 3.8) is 0 Å². The minimum Gasteiger partial charge on any atom is -0.349 e. The molecule has 0 saturated heterocycles. The van der Waals surface area contributed by atoms with Crippen molar-refractivity contribution in [3.8, 4) is 0 Å². The van der Waals surface area contributed by atoms with Crippen molar-refractivity contribution < 1.29 is 4.39 Å². The average molecular weight is 340 g/mol. The minimum atomic E-state index is -1.23. The molecule has 6 heteroatoms. The second-order valence-electron chi connectivity index (χ2n) is 5.61. The van der Waals surface area contributed by atoms with Gasteiger partial charge in [-0.25, -0.2) is 14.4 Å². The Labute approximate surface area is 139 Å². The maximum absolute atomic E-state index is 13.6. The van der Waals surface area contributed by atoms with Crippen LogP contribution in [0.2, 0.25) is 10.0 Å². The highest BCUT2D eigenvalue weighted by atomic mass is 35.5. The number of hydrogen-bond acceptors (Lipinski definition) is 3. The molecular formula is C16H16Cl2FN3. The highest BCUT2D eigenvalue weighted by molar-refractivity contribution is 6.33. The summed E-state index contributed by atoms with van der Waals surface area (Å²) >= 11 is 12.3. The Morgan fingerprint density at radius 3 is 2.36 bits per heavy atom. The van der Waals surface area contributed by atoms with Gasteiger partial charge in [0.1, 0.15) is 17.5 Å². The van der Waals surface area contributed by atoms with Crippen LogP contribution < -0.4 is 4.90 Å². The fourth-order valence-corrected chi connectivity index (χ4v) is 3.28. The second kappa shape index (κ2) is 5.67. The van der Waals surface area contributed by atoms with E-state index in [2.05, 4.69) is 9.97 Å². The molecule has 0 spiro atoms. The van der Waals surface area contributed by atoms with Crippen LogP contribution in [-0.2, 0) is 5.54 Å². The Morgan fingerprint density at radius 1 is 1.18 bits per heavy atom. The van der Waals surface area contributed by atoms with Crippen molar-refractivity contribution >= 4 is 29.0 Å². The molecule has 116 valence electrons. The Morgan fingerprint density at radius 2 is 1.82 bits per heavy atom. The second-order valence-corrected chi connectivity index (χ2v) is 6.42. The minimum absolute atomic E-state index is 0.153. The van der Waals surface area contributed by atoms with Gasteiger partial charge in [-0.05, 0) is 37.5 Å². The van der Waals surface area contributed by atoms with E-state index >= 15 is 0 Å². The van der Waals surface area contributed by atoms with Crippen LogP contribution in [0.15, 0.2) is 30.6 Å². The summed E-state index contributed by atoms with van der Waals surface area (Å²) in [6.45, 7) is 1.42. The number of halogens is 3. The highest BCUT2D eigenvalue weighted by Crippen LogP contribution is 2.52. The summed E-state index contributed by atoms with van der Waals surface area (Å²) in [7, 11) is 1.93. The first kappa shape index (κ1) is 15.5. The monoisotopic (exact) mass is 339 g/mol. The van der Waals surface area contributed by atoms with Gasteiger partial charge in [-0.1, -0.05) is 35.3 Å². The molecule has 22 heavy (non-hydrogen) atoms. The molecule has 0 N–H and O–H groups in total. The van der Waals surface area contributed by atoms with Gasteiger partial charge in [0.05, 0.1) is 11.2 Å². The third-order valence-corrected chi connectivity index (χ3v) is 4.85. The SMILES string of the molecule is CC(F)c1ncnc(N(C)C2(c3ccc(Cl)cc3)CC2)c1Cl. The van der Waals surface area contributed by atoms with Crippen molar-refractivity contribution in [1.82, 2.24) is 9.97 Å². The summed E-state index contributed by atoms with van der Waals surface area (Å²) in [5.74, 6) is 0.559. The van der Waals surface area contributed by atoms with Gasteiger partial charge in [-0.3, -0.25) is 0 Å². The smallest absolute Gasteiger partial charge is 0.151 e. The van der Waals surface area contributed by atoms with Crippen LogP contribution in [0.5, 0.6) is 0 Å². The molecule has 1 unspecified atom stereocenters. The van der Waals surface area contributed by atoms with Crippen molar-refractivity contribution in [2.24, 2.45) is 0 Å². The lowest BCUT2D eigenvalue weighted by Gasteiger charge is -2.30. The van der Waals surface area contributed by atoms with Crippen LogP contribution in [-0.4, -0.2) is 17.0 Å². The van der Waals surface area contributed by atoms with Crippen LogP contribution in [0.1, 0.15) is 37.2 Å². The molecule has 3 rings (SSSR count). The van der Waals surface area contributed by atoms with Crippen LogP contribution >= 0.6 is 23.2 Å². The maximum Gasteiger partial charge on any atom is 0.151 e. The predicted octanol–water partition coefficient (Wildman–Crippen LogP) is 4.94. The van der Waals surface area contributed by atoms with Gasteiger partial charge in [0, 0.05) is 12.1 Å². The normalized spacial score (nSPS) is 17.1. The Balaban J connectivity index is 1.99. The van der Waals surface area contributed by atoms with Crippen molar-refractivity contribution in [1.29, 1.82) is 0 Å². The van der Waals surface area contributed by atoms with Crippen LogP contribution in [0.4, 0.5) is 10.2 Å². The molecule has 1 atom stereocenters. The molecule has 0 aliphatic heterocycles. The highest BCUT2D eigenvalue weighted by Gasteiger charge is 2.49. The van der Waals surface area contributed by atoms with Gasteiger partial charge >= 0.3 is 0 Å². The van der Waals surface area contributed by atoms with Crippen molar-refractivity contribution in [3.05, 3.63) is 51.9 Å². The van der Waals surface area contributed by atoms with E-state index in [-0.39, 0.29) is 16.3 Å². The lowest BCUT2D eigenvalue weighted by atomic mass is 10.0. The number of alkyl halides is 1. The first-order valence-corrected chi connectivity index (χ1v) is 7.85. The third-order valence-electron chi connectivity index (χ3n) is 4.24. The lowest BCUT2D eigenvalue weighted by Crippen LogP contribution is -2.32. The van der Waals surface area contributed by atoms with E-state index in [0.717, 1.165) is 18.4 Å². The van der Waals surface area contributed by atoms with Crippen LogP contribution in [0.25, 0.3) is 0 Å². The molecule has 1 heterocycles. The van der Waals surface area contributed by atoms with E-state index in [1.807, 2.05) is 36.2 Å². The van der Waals surface area contributed by atoms with E-state index < -0.39 is 6.17 Å². The number of aromatic nitrogens is 2. The topological polar surface area (TPSA) is 29.0 Å². The lowest BCUT2D eigenvalue weighted by molar-refractivity contribution is 0.365. The predicted molar refractivity (Wildman–Crippen MR) is 87.3 cm³/mol. The fourth-order valence-electron chi connectivity index (χ4n) is 2.78. The van der Waals surface area contributed by atoms with E-state index in [1.165, 1.54) is 13.3 Å². The largest absolute Gasteiger partial charge is 0.349 e. The molecule has 2 aromatic rings. The summed E-state index contributed by atoms with van der Waals surface area (Å²) in [4.78, 5) is 10.2. The van der Waals surface area contributed by atoms with Gasteiger partial charge in [0.15, 0.2) is 5.82 Å². The molecule has 1 aromatic heterocycles. The summed E-state index contributed by atoms with van der Waals surface area (Å²) in [5, 5.41) is 0.982. The average Bonchev–Trinajstić information content (AvgIpc) is 3.29. The molecule has 0 amide bonds. The summed E-state index contributed by atoms with van der Waals surface area (Å²) in [5.41, 5.74) is 1.23. The Kier molecular flexibility index (Phi) is 4.00. The Hall–Kier alpha value is -1.39. The first-order chi connectivity index (χ1) is 10.5. The number of rotatable bonds is 4. The van der Waals surface area contributed by atoms with Gasteiger partial charge in [-0.15, -0.1) is 0 Å². The van der Waals surface area contributed by atoms with Gasteiger partial charge < -0.3 is 4.90 Å². The van der Waals surface area contributed by atoms with Crippen LogP contribution in [0, 0.1) is 0 Å². The fraction of sp³-hybridized carbons (Fsp3) is 0.375. The van der Waals surface area contributed by atoms with E-state index in [9.17, 15) is 4.39 Å². The number of anilines is 1. The zero-order valence-electron chi connectivity index (χ0n) is 12.4. The molecule has 1 fully saturated rings. The number of nitrogens with zero attached hydrogens (tertiary/aromatic N) is 3.